The van der Waals surface area contributed by atoms with E-state index in [1.54, 1.807) is 24.3 Å². The number of likely N-dealkylation sites (tertiary alicyclic amines) is 1. The van der Waals surface area contributed by atoms with Crippen molar-refractivity contribution in [2.75, 3.05) is 23.7 Å². The third-order valence-corrected chi connectivity index (χ3v) is 5.73. The number of benzene rings is 2. The van der Waals surface area contributed by atoms with Gasteiger partial charge in [-0.25, -0.2) is 4.79 Å². The average molecular weight is 393 g/mol. The molecule has 0 atom stereocenters. The normalized spacial score (nSPS) is 17.6. The summed E-state index contributed by atoms with van der Waals surface area (Å²) in [6.07, 6.45) is 1.66. The highest BCUT2D eigenvalue weighted by atomic mass is 16.3. The fraction of sp³-hybridized carbons (Fsp3) is 0.391. The molecule has 2 aromatic rings. The lowest BCUT2D eigenvalue weighted by Crippen LogP contribution is -2.45. The quantitative estimate of drug-likeness (QED) is 0.655. The van der Waals surface area contributed by atoms with E-state index < -0.39 is 0 Å². The molecule has 0 saturated carbocycles. The number of urea groups is 1. The number of piperidine rings is 1. The first-order chi connectivity index (χ1) is 13.7. The second-order valence-electron chi connectivity index (χ2n) is 8.91. The maximum absolute atomic E-state index is 12.5. The van der Waals surface area contributed by atoms with E-state index in [9.17, 15) is 9.90 Å². The highest BCUT2D eigenvalue weighted by Gasteiger charge is 2.49. The highest BCUT2D eigenvalue weighted by Crippen LogP contribution is 2.39. The Bertz CT molecular complexity index is 919. The number of rotatable bonds is 2. The first-order valence-electron chi connectivity index (χ1n) is 10.1. The lowest BCUT2D eigenvalue weighted by molar-refractivity contribution is 0.193. The van der Waals surface area contributed by atoms with Gasteiger partial charge in [-0.2, -0.15) is 0 Å². The molecule has 2 aliphatic heterocycles. The van der Waals surface area contributed by atoms with Crippen molar-refractivity contribution in [3.05, 3.63) is 54.1 Å². The summed E-state index contributed by atoms with van der Waals surface area (Å²) in [5.74, 6) is 1.21. The molecule has 2 aliphatic rings. The molecule has 2 amide bonds. The van der Waals surface area contributed by atoms with Gasteiger partial charge in [-0.1, -0.05) is 32.9 Å². The van der Waals surface area contributed by atoms with Gasteiger partial charge in [0, 0.05) is 24.5 Å². The minimum absolute atomic E-state index is 0.113. The number of amides is 2. The fourth-order valence-electron chi connectivity index (χ4n) is 3.70. The van der Waals surface area contributed by atoms with Crippen molar-refractivity contribution >= 4 is 23.2 Å². The number of nitrogens with zero attached hydrogens (tertiary/aromatic N) is 2. The zero-order chi connectivity index (χ0) is 20.6. The summed E-state index contributed by atoms with van der Waals surface area (Å²) in [5, 5.41) is 15.7. The lowest BCUT2D eigenvalue weighted by atomic mass is 9.87. The lowest BCUT2D eigenvalue weighted by Gasteiger charge is -2.31. The van der Waals surface area contributed by atoms with Crippen LogP contribution in [0.15, 0.2) is 53.5 Å². The molecule has 0 aliphatic carbocycles. The third-order valence-electron chi connectivity index (χ3n) is 5.73. The van der Waals surface area contributed by atoms with E-state index in [0.717, 1.165) is 24.4 Å². The number of nitrogens with one attached hydrogen (secondary N) is 2. The standard InChI is InChI=1S/C23H28N4O2/c1-22(2,3)16-4-6-17(7-5-16)24-20-23(26-20)12-14-27(15-13-23)21(29)25-18-8-10-19(28)11-9-18/h4-11,28H,12-15H2,1-3H3,(H,24,26)(H,25,29). The van der Waals surface area contributed by atoms with Gasteiger partial charge < -0.3 is 20.6 Å². The van der Waals surface area contributed by atoms with Crippen LogP contribution in [0.2, 0.25) is 0 Å². The SMILES string of the molecule is CC(C)(C)c1ccc(NC2=NC23CCN(C(=O)Nc2ccc(O)cc2)CC3)cc1. The topological polar surface area (TPSA) is 77.0 Å². The molecule has 1 fully saturated rings. The summed E-state index contributed by atoms with van der Waals surface area (Å²) in [5.41, 5.74) is 3.06. The Morgan fingerprint density at radius 3 is 2.17 bits per heavy atom. The monoisotopic (exact) mass is 392 g/mol. The van der Waals surface area contributed by atoms with Gasteiger partial charge in [-0.05, 0) is 60.2 Å². The summed E-state index contributed by atoms with van der Waals surface area (Å²) >= 11 is 0. The second-order valence-corrected chi connectivity index (χ2v) is 8.91. The average Bonchev–Trinajstić information content (AvgIpc) is 3.34. The van der Waals surface area contributed by atoms with E-state index in [-0.39, 0.29) is 22.7 Å². The molecule has 6 heteroatoms. The minimum Gasteiger partial charge on any atom is -0.508 e. The van der Waals surface area contributed by atoms with Gasteiger partial charge in [0.15, 0.2) is 0 Å². The van der Waals surface area contributed by atoms with Crippen molar-refractivity contribution in [2.24, 2.45) is 4.99 Å². The fourth-order valence-corrected chi connectivity index (χ4v) is 3.70. The predicted molar refractivity (Wildman–Crippen MR) is 117 cm³/mol. The Hall–Kier alpha value is -3.02. The molecular weight excluding hydrogens is 364 g/mol. The Balaban J connectivity index is 1.28. The van der Waals surface area contributed by atoms with E-state index in [4.69, 9.17) is 4.99 Å². The van der Waals surface area contributed by atoms with Gasteiger partial charge in [0.05, 0.1) is 0 Å². The first-order valence-corrected chi connectivity index (χ1v) is 10.1. The van der Waals surface area contributed by atoms with E-state index in [0.29, 0.717) is 18.8 Å². The Kier molecular flexibility index (Phi) is 4.73. The highest BCUT2D eigenvalue weighted by molar-refractivity contribution is 6.12. The third kappa shape index (κ3) is 4.21. The van der Waals surface area contributed by atoms with Gasteiger partial charge in [0.2, 0.25) is 0 Å². The van der Waals surface area contributed by atoms with Crippen molar-refractivity contribution in [1.82, 2.24) is 4.90 Å². The molecular formula is C23H28N4O2. The van der Waals surface area contributed by atoms with Gasteiger partial charge in [-0.15, -0.1) is 0 Å². The summed E-state index contributed by atoms with van der Waals surface area (Å²) in [6, 6.07) is 14.9. The number of phenolic OH excluding ortho intramolecular Hbond substituents is 1. The van der Waals surface area contributed by atoms with Crippen LogP contribution >= 0.6 is 0 Å². The second kappa shape index (κ2) is 7.10. The number of aliphatic imine (C=N–C) groups is 1. The van der Waals surface area contributed by atoms with Gasteiger partial charge in [0.1, 0.15) is 17.1 Å². The van der Waals surface area contributed by atoms with Gasteiger partial charge in [0.25, 0.3) is 0 Å². The van der Waals surface area contributed by atoms with E-state index in [1.807, 2.05) is 4.90 Å². The number of aromatic hydroxyl groups is 1. The number of amidine groups is 1. The summed E-state index contributed by atoms with van der Waals surface area (Å²) in [4.78, 5) is 19.0. The Labute approximate surface area is 171 Å². The Morgan fingerprint density at radius 1 is 1.00 bits per heavy atom. The molecule has 0 aromatic heterocycles. The molecule has 3 N–H and O–H groups in total. The van der Waals surface area contributed by atoms with Crippen LogP contribution in [0.1, 0.15) is 39.2 Å². The van der Waals surface area contributed by atoms with Crippen LogP contribution in [-0.2, 0) is 5.41 Å². The van der Waals surface area contributed by atoms with Gasteiger partial charge >= 0.3 is 6.03 Å². The van der Waals surface area contributed by atoms with Crippen molar-refractivity contribution in [2.45, 2.75) is 44.6 Å². The molecule has 29 heavy (non-hydrogen) atoms. The van der Waals surface area contributed by atoms with Gasteiger partial charge in [-0.3, -0.25) is 4.99 Å². The van der Waals surface area contributed by atoms with Crippen LogP contribution in [-0.4, -0.2) is 40.5 Å². The minimum atomic E-state index is -0.127. The van der Waals surface area contributed by atoms with Crippen molar-refractivity contribution in [3.63, 3.8) is 0 Å². The maximum Gasteiger partial charge on any atom is 0.321 e. The van der Waals surface area contributed by atoms with Crippen LogP contribution in [0.3, 0.4) is 0 Å². The molecule has 1 saturated heterocycles. The number of hydrogen-bond donors (Lipinski definition) is 3. The van der Waals surface area contributed by atoms with Crippen LogP contribution in [0.25, 0.3) is 0 Å². The smallest absolute Gasteiger partial charge is 0.321 e. The van der Waals surface area contributed by atoms with Crippen LogP contribution in [0.4, 0.5) is 16.2 Å². The van der Waals surface area contributed by atoms with Crippen LogP contribution in [0, 0.1) is 0 Å². The van der Waals surface area contributed by atoms with Crippen molar-refractivity contribution in [3.8, 4) is 5.75 Å². The Morgan fingerprint density at radius 2 is 1.59 bits per heavy atom. The molecule has 0 radical (unpaired) electrons. The molecule has 152 valence electrons. The molecule has 2 aromatic carbocycles. The zero-order valence-corrected chi connectivity index (χ0v) is 17.2. The summed E-state index contributed by atoms with van der Waals surface area (Å²) in [7, 11) is 0. The summed E-state index contributed by atoms with van der Waals surface area (Å²) in [6.45, 7) is 7.96. The molecule has 2 heterocycles. The van der Waals surface area contributed by atoms with Crippen LogP contribution in [0.5, 0.6) is 5.75 Å². The van der Waals surface area contributed by atoms with E-state index >= 15 is 0 Å². The molecule has 0 bridgehead atoms. The molecule has 0 unspecified atom stereocenters. The predicted octanol–water partition coefficient (Wildman–Crippen LogP) is 4.58. The van der Waals surface area contributed by atoms with Crippen molar-refractivity contribution < 1.29 is 9.90 Å². The number of anilines is 2. The molecule has 4 rings (SSSR count). The number of carbonyl (C=O) groups excluding carboxylic acids is 1. The molecule has 1 spiro atoms. The number of hydrogen-bond acceptors (Lipinski definition) is 4. The number of phenols is 1. The molecule has 6 nitrogen and oxygen atoms in total. The largest absolute Gasteiger partial charge is 0.508 e. The summed E-state index contributed by atoms with van der Waals surface area (Å²) < 4.78 is 0. The number of carbonyl (C=O) groups is 1. The van der Waals surface area contributed by atoms with Crippen LogP contribution < -0.4 is 10.6 Å². The van der Waals surface area contributed by atoms with Crippen molar-refractivity contribution in [1.29, 1.82) is 0 Å². The zero-order valence-electron chi connectivity index (χ0n) is 17.2. The maximum atomic E-state index is 12.5. The van der Waals surface area contributed by atoms with E-state index in [2.05, 4.69) is 55.7 Å². The first kappa shape index (κ1) is 19.3. The van der Waals surface area contributed by atoms with E-state index in [1.165, 1.54) is 5.56 Å².